The van der Waals surface area contributed by atoms with E-state index < -0.39 is 15.8 Å². The minimum Gasteiger partial charge on any atom is -0.448 e. The van der Waals surface area contributed by atoms with Crippen LogP contribution in [-0.4, -0.2) is 38.1 Å². The van der Waals surface area contributed by atoms with Gasteiger partial charge in [-0.2, -0.15) is 4.98 Å². The second-order valence-corrected chi connectivity index (χ2v) is 10.6. The Balaban J connectivity index is 1.55. The van der Waals surface area contributed by atoms with E-state index >= 15 is 0 Å². The predicted octanol–water partition coefficient (Wildman–Crippen LogP) is 5.57. The fraction of sp³-hybridized carbons (Fsp3) is 0.167. The fourth-order valence-corrected chi connectivity index (χ4v) is 4.95. The number of pyridine rings is 1. The molecular formula is C24H24N6O3S2. The average Bonchev–Trinajstić information content (AvgIpc) is 3.38. The van der Waals surface area contributed by atoms with Crippen LogP contribution >= 0.6 is 11.3 Å². The number of anilines is 3. The van der Waals surface area contributed by atoms with Gasteiger partial charge in [0.25, 0.3) is 0 Å². The Kier molecular flexibility index (Phi) is 7.68. The SMILES string of the molecule is CCOC(=O)N=S(C)(=O)c1ccc(Nc2ncc(-c3cccs3)c(NCc3ccccn3)n2)cc1. The van der Waals surface area contributed by atoms with Crippen LogP contribution in [0.1, 0.15) is 12.6 Å². The molecule has 0 saturated heterocycles. The van der Waals surface area contributed by atoms with Crippen molar-refractivity contribution in [1.29, 1.82) is 0 Å². The molecule has 4 aromatic rings. The van der Waals surface area contributed by atoms with Crippen molar-refractivity contribution in [1.82, 2.24) is 15.0 Å². The highest BCUT2D eigenvalue weighted by Gasteiger charge is 2.13. The molecule has 0 fully saturated rings. The Hall–Kier alpha value is -3.83. The average molecular weight is 509 g/mol. The van der Waals surface area contributed by atoms with Crippen LogP contribution in [-0.2, 0) is 21.0 Å². The highest BCUT2D eigenvalue weighted by Crippen LogP contribution is 2.31. The second-order valence-electron chi connectivity index (χ2n) is 7.35. The van der Waals surface area contributed by atoms with Crippen molar-refractivity contribution < 1.29 is 13.7 Å². The monoisotopic (exact) mass is 508 g/mol. The van der Waals surface area contributed by atoms with Crippen molar-refractivity contribution in [2.45, 2.75) is 18.4 Å². The van der Waals surface area contributed by atoms with Gasteiger partial charge in [-0.05, 0) is 54.8 Å². The molecule has 11 heteroatoms. The van der Waals surface area contributed by atoms with Crippen LogP contribution in [0.3, 0.4) is 0 Å². The van der Waals surface area contributed by atoms with Crippen molar-refractivity contribution in [3.63, 3.8) is 0 Å². The van der Waals surface area contributed by atoms with E-state index in [0.717, 1.165) is 16.1 Å². The minimum atomic E-state index is -2.92. The Labute approximate surface area is 207 Å². The van der Waals surface area contributed by atoms with Gasteiger partial charge >= 0.3 is 6.09 Å². The van der Waals surface area contributed by atoms with Gasteiger partial charge in [-0.25, -0.2) is 14.0 Å². The third-order valence-corrected chi connectivity index (χ3v) is 7.35. The van der Waals surface area contributed by atoms with Crippen LogP contribution in [0.15, 0.2) is 81.6 Å². The highest BCUT2D eigenvalue weighted by molar-refractivity contribution is 7.93. The van der Waals surface area contributed by atoms with Crippen molar-refractivity contribution in [3.8, 4) is 10.4 Å². The summed E-state index contributed by atoms with van der Waals surface area (Å²) in [5.74, 6) is 1.08. The van der Waals surface area contributed by atoms with Crippen LogP contribution in [0.25, 0.3) is 10.4 Å². The van der Waals surface area contributed by atoms with E-state index in [0.29, 0.717) is 28.9 Å². The molecule has 3 heterocycles. The topological polar surface area (TPSA) is 118 Å². The number of amides is 1. The highest BCUT2D eigenvalue weighted by atomic mass is 32.2. The molecule has 2 N–H and O–H groups in total. The van der Waals surface area contributed by atoms with Crippen molar-refractivity contribution in [2.75, 3.05) is 23.5 Å². The number of ether oxygens (including phenoxy) is 1. The quantitative estimate of drug-likeness (QED) is 0.317. The normalized spacial score (nSPS) is 12.4. The molecule has 1 amide bonds. The molecule has 0 saturated carbocycles. The third kappa shape index (κ3) is 6.40. The maximum absolute atomic E-state index is 12.8. The molecule has 180 valence electrons. The molecule has 35 heavy (non-hydrogen) atoms. The lowest BCUT2D eigenvalue weighted by molar-refractivity contribution is 0.164. The number of aromatic nitrogens is 3. The van der Waals surface area contributed by atoms with E-state index in [1.165, 1.54) is 6.26 Å². The number of thiophene rings is 1. The predicted molar refractivity (Wildman–Crippen MR) is 138 cm³/mol. The van der Waals surface area contributed by atoms with E-state index in [-0.39, 0.29) is 6.61 Å². The first kappa shape index (κ1) is 24.3. The number of hydrogen-bond acceptors (Lipinski definition) is 9. The Morgan fingerprint density at radius 1 is 1.11 bits per heavy atom. The summed E-state index contributed by atoms with van der Waals surface area (Å²) in [6.45, 7) is 2.35. The lowest BCUT2D eigenvalue weighted by Gasteiger charge is -2.12. The summed E-state index contributed by atoms with van der Waals surface area (Å²) in [6.07, 6.45) is 4.08. The molecule has 9 nitrogen and oxygen atoms in total. The molecule has 0 radical (unpaired) electrons. The summed E-state index contributed by atoms with van der Waals surface area (Å²) >= 11 is 1.61. The van der Waals surface area contributed by atoms with Crippen LogP contribution in [0, 0.1) is 0 Å². The van der Waals surface area contributed by atoms with Crippen LogP contribution in [0.4, 0.5) is 22.2 Å². The lowest BCUT2D eigenvalue weighted by Crippen LogP contribution is -2.07. The van der Waals surface area contributed by atoms with Crippen LogP contribution in [0.2, 0.25) is 0 Å². The summed E-state index contributed by atoms with van der Waals surface area (Å²) in [6, 6.07) is 16.5. The molecule has 0 aliphatic rings. The number of hydrogen-bond donors (Lipinski definition) is 2. The van der Waals surface area contributed by atoms with Gasteiger partial charge in [0.05, 0.1) is 34.1 Å². The Morgan fingerprint density at radius 2 is 1.94 bits per heavy atom. The van der Waals surface area contributed by atoms with Crippen LogP contribution in [0.5, 0.6) is 0 Å². The van der Waals surface area contributed by atoms with E-state index in [4.69, 9.17) is 4.74 Å². The maximum Gasteiger partial charge on any atom is 0.442 e. The largest absolute Gasteiger partial charge is 0.448 e. The number of nitrogens with zero attached hydrogens (tertiary/aromatic N) is 4. The second kappa shape index (κ2) is 11.1. The van der Waals surface area contributed by atoms with E-state index in [1.807, 2.05) is 35.7 Å². The number of benzene rings is 1. The first-order valence-electron chi connectivity index (χ1n) is 10.8. The molecule has 0 aliphatic heterocycles. The van der Waals surface area contributed by atoms with Gasteiger partial charge in [-0.15, -0.1) is 15.7 Å². The van der Waals surface area contributed by atoms with Gasteiger partial charge in [-0.3, -0.25) is 4.98 Å². The van der Waals surface area contributed by atoms with Gasteiger partial charge in [0.1, 0.15) is 5.82 Å². The number of carbonyl (C=O) groups is 1. The van der Waals surface area contributed by atoms with Gasteiger partial charge in [0, 0.05) is 34.1 Å². The Bertz CT molecular complexity index is 1400. The van der Waals surface area contributed by atoms with E-state index in [9.17, 15) is 9.00 Å². The van der Waals surface area contributed by atoms with Crippen molar-refractivity contribution in [3.05, 3.63) is 78.1 Å². The smallest absolute Gasteiger partial charge is 0.442 e. The molecule has 3 aromatic heterocycles. The number of carbonyl (C=O) groups excluding carboxylic acids is 1. The standard InChI is InChI=1S/C24H24N6O3S2/c1-3-33-24(31)30-35(2,32)19-11-9-17(10-12-19)28-23-27-16-20(21-8-6-14-34-21)22(29-23)26-15-18-7-4-5-13-25-18/h4-14,16H,3,15H2,1-2H3,(H2,26,27,28,29). The number of nitrogens with one attached hydrogen (secondary N) is 2. The van der Waals surface area contributed by atoms with E-state index in [2.05, 4.69) is 29.9 Å². The third-order valence-electron chi connectivity index (χ3n) is 4.80. The first-order valence-corrected chi connectivity index (χ1v) is 13.6. The summed E-state index contributed by atoms with van der Waals surface area (Å²) in [5.41, 5.74) is 2.48. The first-order chi connectivity index (χ1) is 16.9. The summed E-state index contributed by atoms with van der Waals surface area (Å²) in [4.78, 5) is 26.6. The zero-order valence-electron chi connectivity index (χ0n) is 19.2. The molecular weight excluding hydrogens is 484 g/mol. The van der Waals surface area contributed by atoms with Gasteiger partial charge in [-0.1, -0.05) is 12.1 Å². The summed E-state index contributed by atoms with van der Waals surface area (Å²) in [7, 11) is -2.92. The van der Waals surface area contributed by atoms with Crippen molar-refractivity contribution in [2.24, 2.45) is 4.36 Å². The molecule has 0 aliphatic carbocycles. The van der Waals surface area contributed by atoms with Gasteiger partial charge < -0.3 is 15.4 Å². The molecule has 0 spiro atoms. The lowest BCUT2D eigenvalue weighted by atomic mass is 10.2. The van der Waals surface area contributed by atoms with Gasteiger partial charge in [0.15, 0.2) is 0 Å². The van der Waals surface area contributed by atoms with Crippen LogP contribution < -0.4 is 10.6 Å². The molecule has 1 aromatic carbocycles. The molecule has 1 unspecified atom stereocenters. The Morgan fingerprint density at radius 3 is 2.63 bits per heavy atom. The molecule has 1 atom stereocenters. The zero-order valence-corrected chi connectivity index (χ0v) is 20.8. The molecule has 4 rings (SSSR count). The van der Waals surface area contributed by atoms with Gasteiger partial charge in [0.2, 0.25) is 5.95 Å². The van der Waals surface area contributed by atoms with Crippen molar-refractivity contribution >= 4 is 44.6 Å². The summed E-state index contributed by atoms with van der Waals surface area (Å²) in [5, 5.41) is 8.53. The minimum absolute atomic E-state index is 0.171. The zero-order chi connectivity index (χ0) is 24.7. The maximum atomic E-state index is 12.8. The fourth-order valence-electron chi connectivity index (χ4n) is 3.13. The van der Waals surface area contributed by atoms with E-state index in [1.54, 1.807) is 54.9 Å². The number of rotatable bonds is 8. The summed E-state index contributed by atoms with van der Waals surface area (Å²) < 4.78 is 21.3. The molecule has 0 bridgehead atoms.